The largest absolute Gasteiger partial charge is 0.467 e. The highest BCUT2D eigenvalue weighted by atomic mass is 16.5. The van der Waals surface area contributed by atoms with E-state index in [0.29, 0.717) is 19.6 Å². The minimum atomic E-state index is 0.103. The molecular weight excluding hydrogens is 130 g/mol. The van der Waals surface area contributed by atoms with Crippen molar-refractivity contribution in [3.63, 3.8) is 0 Å². The number of carbonyl (C=O) groups excluding carboxylic acids is 1. The highest BCUT2D eigenvalue weighted by molar-refractivity contribution is 5.36. The zero-order valence-electron chi connectivity index (χ0n) is 6.81. The van der Waals surface area contributed by atoms with E-state index in [2.05, 4.69) is 30.8 Å². The maximum absolute atomic E-state index is 9.68. The Labute approximate surface area is 61.8 Å². The summed E-state index contributed by atoms with van der Waals surface area (Å²) in [5.41, 5.74) is 0.103. The third-order valence-electron chi connectivity index (χ3n) is 0.943. The minimum Gasteiger partial charge on any atom is -0.467 e. The molecule has 0 saturated heterocycles. The van der Waals surface area contributed by atoms with Gasteiger partial charge in [0.2, 0.25) is 0 Å². The lowest BCUT2D eigenvalue weighted by Crippen LogP contribution is -2.37. The van der Waals surface area contributed by atoms with Crippen LogP contribution in [0, 0.1) is 0 Å². The van der Waals surface area contributed by atoms with Crippen molar-refractivity contribution < 1.29 is 9.53 Å². The Morgan fingerprint density at radius 3 is 2.50 bits per heavy atom. The van der Waals surface area contributed by atoms with Gasteiger partial charge < -0.3 is 10.1 Å². The number of nitrogens with one attached hydrogen (secondary N) is 1. The standard InChI is InChI=1S/C7H15NO2/c1-7(2,3)8-4-5-10-6-9/h6,8H,4-5H2,1-3H3. The van der Waals surface area contributed by atoms with Gasteiger partial charge in [0.15, 0.2) is 0 Å². The molecule has 0 bridgehead atoms. The molecular formula is C7H15NO2. The van der Waals surface area contributed by atoms with Crippen molar-refractivity contribution in [2.75, 3.05) is 13.2 Å². The molecule has 0 amide bonds. The van der Waals surface area contributed by atoms with E-state index in [1.54, 1.807) is 0 Å². The Balaban J connectivity index is 3.12. The van der Waals surface area contributed by atoms with Gasteiger partial charge in [-0.2, -0.15) is 0 Å². The SMILES string of the molecule is CC(C)(C)NCCOC=O. The Morgan fingerprint density at radius 1 is 1.50 bits per heavy atom. The van der Waals surface area contributed by atoms with Gasteiger partial charge >= 0.3 is 0 Å². The molecule has 10 heavy (non-hydrogen) atoms. The summed E-state index contributed by atoms with van der Waals surface area (Å²) in [5, 5.41) is 3.17. The van der Waals surface area contributed by atoms with Crippen molar-refractivity contribution >= 4 is 6.47 Å². The predicted molar refractivity (Wildman–Crippen MR) is 39.8 cm³/mol. The van der Waals surface area contributed by atoms with Gasteiger partial charge in [0.25, 0.3) is 6.47 Å². The molecule has 0 fully saturated rings. The Morgan fingerprint density at radius 2 is 2.10 bits per heavy atom. The minimum absolute atomic E-state index is 0.103. The third kappa shape index (κ3) is 7.43. The molecule has 0 aliphatic carbocycles. The summed E-state index contributed by atoms with van der Waals surface area (Å²) in [4.78, 5) is 9.68. The topological polar surface area (TPSA) is 38.3 Å². The molecule has 1 N–H and O–H groups in total. The second-order valence-electron chi connectivity index (χ2n) is 3.14. The van der Waals surface area contributed by atoms with Gasteiger partial charge in [-0.15, -0.1) is 0 Å². The molecule has 0 heterocycles. The zero-order valence-corrected chi connectivity index (χ0v) is 6.81. The normalized spacial score (nSPS) is 11.1. The van der Waals surface area contributed by atoms with Crippen molar-refractivity contribution in [1.82, 2.24) is 5.32 Å². The maximum atomic E-state index is 9.68. The van der Waals surface area contributed by atoms with Gasteiger partial charge in [0, 0.05) is 12.1 Å². The fraction of sp³-hybridized carbons (Fsp3) is 0.857. The molecule has 0 aromatic rings. The zero-order chi connectivity index (χ0) is 8.04. The van der Waals surface area contributed by atoms with Crippen molar-refractivity contribution in [2.24, 2.45) is 0 Å². The second kappa shape index (κ2) is 4.28. The average Bonchev–Trinajstić information content (AvgIpc) is 1.78. The summed E-state index contributed by atoms with van der Waals surface area (Å²) < 4.78 is 4.49. The lowest BCUT2D eigenvalue weighted by Gasteiger charge is -2.19. The Bertz CT molecular complexity index is 96.3. The van der Waals surface area contributed by atoms with E-state index in [9.17, 15) is 4.79 Å². The molecule has 0 radical (unpaired) electrons. The molecule has 3 nitrogen and oxygen atoms in total. The molecule has 0 aliphatic rings. The van der Waals surface area contributed by atoms with Crippen LogP contribution in [0.1, 0.15) is 20.8 Å². The molecule has 0 rings (SSSR count). The average molecular weight is 145 g/mol. The number of ether oxygens (including phenoxy) is 1. The monoisotopic (exact) mass is 145 g/mol. The predicted octanol–water partition coefficient (Wildman–Crippen LogP) is 0.547. The third-order valence-corrected chi connectivity index (χ3v) is 0.943. The van der Waals surface area contributed by atoms with Crippen LogP contribution < -0.4 is 5.32 Å². The number of carbonyl (C=O) groups is 1. The number of rotatable bonds is 4. The smallest absolute Gasteiger partial charge is 0.293 e. The molecule has 0 aliphatic heterocycles. The van der Waals surface area contributed by atoms with Gasteiger partial charge in [-0.25, -0.2) is 0 Å². The lowest BCUT2D eigenvalue weighted by molar-refractivity contribution is -0.128. The summed E-state index contributed by atoms with van der Waals surface area (Å²) in [6.07, 6.45) is 0. The van der Waals surface area contributed by atoms with E-state index in [-0.39, 0.29) is 5.54 Å². The van der Waals surface area contributed by atoms with E-state index < -0.39 is 0 Å². The van der Waals surface area contributed by atoms with Crippen LogP contribution in [0.3, 0.4) is 0 Å². The van der Waals surface area contributed by atoms with Crippen LogP contribution in [-0.2, 0) is 9.53 Å². The maximum Gasteiger partial charge on any atom is 0.293 e. The molecule has 0 atom stereocenters. The molecule has 0 aromatic heterocycles. The van der Waals surface area contributed by atoms with Crippen molar-refractivity contribution in [1.29, 1.82) is 0 Å². The van der Waals surface area contributed by atoms with Crippen LogP contribution in [-0.4, -0.2) is 25.2 Å². The second-order valence-corrected chi connectivity index (χ2v) is 3.14. The van der Waals surface area contributed by atoms with Gasteiger partial charge in [-0.1, -0.05) is 0 Å². The number of hydrogen-bond donors (Lipinski definition) is 1. The van der Waals surface area contributed by atoms with E-state index in [1.807, 2.05) is 0 Å². The molecule has 60 valence electrons. The van der Waals surface area contributed by atoms with E-state index in [4.69, 9.17) is 0 Å². The van der Waals surface area contributed by atoms with Crippen LogP contribution >= 0.6 is 0 Å². The van der Waals surface area contributed by atoms with Crippen LogP contribution in [0.4, 0.5) is 0 Å². The fourth-order valence-electron chi connectivity index (χ4n) is 0.533. The van der Waals surface area contributed by atoms with Crippen LogP contribution in [0.25, 0.3) is 0 Å². The highest BCUT2D eigenvalue weighted by Gasteiger charge is 2.06. The van der Waals surface area contributed by atoms with Gasteiger partial charge in [-0.05, 0) is 20.8 Å². The molecule has 3 heteroatoms. The molecule has 0 unspecified atom stereocenters. The summed E-state index contributed by atoms with van der Waals surface area (Å²) in [7, 11) is 0. The van der Waals surface area contributed by atoms with E-state index >= 15 is 0 Å². The summed E-state index contributed by atoms with van der Waals surface area (Å²) in [6.45, 7) is 7.81. The summed E-state index contributed by atoms with van der Waals surface area (Å²) in [6, 6.07) is 0. The van der Waals surface area contributed by atoms with E-state index in [0.717, 1.165) is 0 Å². The first-order valence-electron chi connectivity index (χ1n) is 3.36. The Hall–Kier alpha value is -0.570. The van der Waals surface area contributed by atoms with Crippen LogP contribution in [0.15, 0.2) is 0 Å². The van der Waals surface area contributed by atoms with Gasteiger partial charge in [-0.3, -0.25) is 4.79 Å². The Kier molecular flexibility index (Phi) is 4.03. The molecule has 0 spiro atoms. The fourth-order valence-corrected chi connectivity index (χ4v) is 0.533. The van der Waals surface area contributed by atoms with Crippen molar-refractivity contribution in [3.05, 3.63) is 0 Å². The first-order chi connectivity index (χ1) is 4.56. The number of hydrogen-bond acceptors (Lipinski definition) is 3. The molecule has 0 saturated carbocycles. The van der Waals surface area contributed by atoms with Crippen LogP contribution in [0.5, 0.6) is 0 Å². The van der Waals surface area contributed by atoms with Crippen molar-refractivity contribution in [3.8, 4) is 0 Å². The van der Waals surface area contributed by atoms with Gasteiger partial charge in [0.1, 0.15) is 6.61 Å². The van der Waals surface area contributed by atoms with Crippen molar-refractivity contribution in [2.45, 2.75) is 26.3 Å². The molecule has 0 aromatic carbocycles. The first kappa shape index (κ1) is 9.43. The lowest BCUT2D eigenvalue weighted by atomic mass is 10.1. The first-order valence-corrected chi connectivity index (χ1v) is 3.36. The summed E-state index contributed by atoms with van der Waals surface area (Å²) >= 11 is 0. The summed E-state index contributed by atoms with van der Waals surface area (Å²) in [5.74, 6) is 0. The van der Waals surface area contributed by atoms with Gasteiger partial charge in [0.05, 0.1) is 0 Å². The quantitative estimate of drug-likeness (QED) is 0.463. The van der Waals surface area contributed by atoms with E-state index in [1.165, 1.54) is 0 Å². The highest BCUT2D eigenvalue weighted by Crippen LogP contribution is 1.96. The van der Waals surface area contributed by atoms with Crippen LogP contribution in [0.2, 0.25) is 0 Å².